The molecular weight excluding hydrogens is 645 g/mol. The molecule has 0 spiro atoms. The van der Waals surface area contributed by atoms with Gasteiger partial charge in [0.05, 0.1) is 35.2 Å². The van der Waals surface area contributed by atoms with Gasteiger partial charge in [-0.1, -0.05) is 0 Å². The van der Waals surface area contributed by atoms with Crippen molar-refractivity contribution >= 4 is 67.1 Å². The predicted molar refractivity (Wildman–Crippen MR) is 190 cm³/mol. The van der Waals surface area contributed by atoms with E-state index in [1.165, 1.54) is 18.3 Å². The number of carbonyl (C=O) groups excluding carboxylic acids is 1. The third-order valence-corrected chi connectivity index (χ3v) is 10.0. The Morgan fingerprint density at radius 3 is 2.68 bits per heavy atom. The summed E-state index contributed by atoms with van der Waals surface area (Å²) in [5.41, 5.74) is 3.05. The van der Waals surface area contributed by atoms with Crippen LogP contribution in [0.25, 0.3) is 49.8 Å². The van der Waals surface area contributed by atoms with E-state index in [1.54, 1.807) is 28.7 Å². The SMILES string of the molecule is CN1CCCC1CCNC(=O)c1cn2c3cc4oc5cc(N=O)ccc5[nH]c4cc3oc3c(NCCCN4CCOCC4)c(F)cc(c1=O)c32. The normalized spacial score (nSPS) is 17.4. The number of rotatable bonds is 10. The maximum atomic E-state index is 16.0. The van der Waals surface area contributed by atoms with Gasteiger partial charge in [-0.3, -0.25) is 14.5 Å². The summed E-state index contributed by atoms with van der Waals surface area (Å²) >= 11 is 0. The maximum absolute atomic E-state index is 16.0. The third kappa shape index (κ3) is 5.92. The Labute approximate surface area is 284 Å². The second kappa shape index (κ2) is 13.3. The Morgan fingerprint density at radius 1 is 1.04 bits per heavy atom. The first kappa shape index (κ1) is 32.2. The molecule has 13 nitrogen and oxygen atoms in total. The number of amides is 1. The summed E-state index contributed by atoms with van der Waals surface area (Å²) in [5.74, 6) is -1.18. The average molecular weight is 684 g/mol. The maximum Gasteiger partial charge on any atom is 0.256 e. The summed E-state index contributed by atoms with van der Waals surface area (Å²) in [6.07, 6.45) is 5.20. The van der Waals surface area contributed by atoms with Gasteiger partial charge in [0, 0.05) is 56.6 Å². The van der Waals surface area contributed by atoms with Crippen LogP contribution in [0.4, 0.5) is 15.8 Å². The number of hydrogen-bond acceptors (Lipinski definition) is 10. The number of morpholine rings is 1. The summed E-state index contributed by atoms with van der Waals surface area (Å²) < 4.78 is 35.8. The Bertz CT molecular complexity index is 2350. The molecule has 3 aromatic carbocycles. The lowest BCUT2D eigenvalue weighted by atomic mass is 10.1. The van der Waals surface area contributed by atoms with E-state index >= 15 is 4.39 Å². The lowest BCUT2D eigenvalue weighted by molar-refractivity contribution is 0.0378. The van der Waals surface area contributed by atoms with Crippen molar-refractivity contribution in [2.24, 2.45) is 5.18 Å². The summed E-state index contributed by atoms with van der Waals surface area (Å²) in [4.78, 5) is 46.6. The van der Waals surface area contributed by atoms with Gasteiger partial charge in [0.25, 0.3) is 5.91 Å². The molecule has 1 amide bonds. The molecular formula is C36H38FN7O6. The molecule has 14 heteroatoms. The van der Waals surface area contributed by atoms with E-state index in [0.29, 0.717) is 71.2 Å². The Balaban J connectivity index is 1.24. The number of fused-ring (bicyclic) bond motifs is 4. The van der Waals surface area contributed by atoms with E-state index in [4.69, 9.17) is 13.6 Å². The molecule has 1 unspecified atom stereocenters. The van der Waals surface area contributed by atoms with Crippen molar-refractivity contribution in [3.63, 3.8) is 0 Å². The highest BCUT2D eigenvalue weighted by Gasteiger charge is 2.25. The predicted octanol–water partition coefficient (Wildman–Crippen LogP) is 5.87. The summed E-state index contributed by atoms with van der Waals surface area (Å²) in [5, 5.41) is 9.18. The van der Waals surface area contributed by atoms with Crippen molar-refractivity contribution in [2.75, 3.05) is 64.8 Å². The van der Waals surface area contributed by atoms with Crippen LogP contribution in [-0.2, 0) is 4.74 Å². The Kier molecular flexibility index (Phi) is 8.59. The molecule has 3 aromatic heterocycles. The molecule has 8 rings (SSSR count). The molecule has 2 fully saturated rings. The molecule has 3 N–H and O–H groups in total. The van der Waals surface area contributed by atoms with E-state index in [2.05, 4.69) is 37.6 Å². The van der Waals surface area contributed by atoms with E-state index in [0.717, 1.165) is 51.9 Å². The number of nitroso groups, excluding NO2 is 1. The first-order valence-corrected chi connectivity index (χ1v) is 17.1. The van der Waals surface area contributed by atoms with Crippen molar-refractivity contribution in [3.05, 3.63) is 69.1 Å². The van der Waals surface area contributed by atoms with Gasteiger partial charge in [0.15, 0.2) is 28.1 Å². The van der Waals surface area contributed by atoms with Gasteiger partial charge in [0.2, 0.25) is 5.43 Å². The number of nitrogens with zero attached hydrogens (tertiary/aromatic N) is 4. The number of ether oxygens (including phenoxy) is 1. The number of aromatic amines is 1. The van der Waals surface area contributed by atoms with Gasteiger partial charge in [-0.15, -0.1) is 4.91 Å². The van der Waals surface area contributed by atoms with E-state index in [9.17, 15) is 14.5 Å². The van der Waals surface area contributed by atoms with E-state index < -0.39 is 17.2 Å². The van der Waals surface area contributed by atoms with Crippen LogP contribution in [-0.4, -0.2) is 90.7 Å². The molecule has 2 saturated heterocycles. The number of pyridine rings is 1. The highest BCUT2D eigenvalue weighted by Crippen LogP contribution is 2.35. The molecule has 6 aromatic rings. The van der Waals surface area contributed by atoms with Crippen molar-refractivity contribution in [2.45, 2.75) is 31.7 Å². The smallest absolute Gasteiger partial charge is 0.256 e. The van der Waals surface area contributed by atoms with Crippen LogP contribution in [0, 0.1) is 10.7 Å². The van der Waals surface area contributed by atoms with Crippen molar-refractivity contribution < 1.29 is 22.8 Å². The Hall–Kier alpha value is -5.05. The number of aromatic nitrogens is 2. The van der Waals surface area contributed by atoms with Gasteiger partial charge >= 0.3 is 0 Å². The highest BCUT2D eigenvalue weighted by atomic mass is 19.1. The number of carbonyl (C=O) groups is 1. The van der Waals surface area contributed by atoms with Crippen LogP contribution < -0.4 is 16.1 Å². The second-order valence-corrected chi connectivity index (χ2v) is 13.2. The monoisotopic (exact) mass is 683 g/mol. The minimum atomic E-state index is -0.652. The standard InChI is InChI=1S/C36H38FN7O6/c1-42-10-2-4-22(42)7-9-39-36(46)24-20-44-28-19-30-27(40-26-6-5-21(41-47)16-29(26)49-30)18-31(28)50-35-32(25(37)17-23(33(35)44)34(24)45)38-8-3-11-43-12-14-48-15-13-43/h5-6,16-20,22,38,40H,2-4,7-15H2,1H3,(H,39,46). The summed E-state index contributed by atoms with van der Waals surface area (Å²) in [6.45, 7) is 5.84. The molecule has 0 aliphatic carbocycles. The lowest BCUT2D eigenvalue weighted by Crippen LogP contribution is -2.37. The van der Waals surface area contributed by atoms with E-state index in [1.807, 2.05) is 0 Å². The van der Waals surface area contributed by atoms with Crippen molar-refractivity contribution in [3.8, 4) is 0 Å². The van der Waals surface area contributed by atoms with Crippen molar-refractivity contribution in [1.82, 2.24) is 24.5 Å². The topological polar surface area (TPSA) is 150 Å². The molecule has 2 aliphatic heterocycles. The Morgan fingerprint density at radius 2 is 1.88 bits per heavy atom. The van der Waals surface area contributed by atoms with Gasteiger partial charge in [-0.25, -0.2) is 4.39 Å². The van der Waals surface area contributed by atoms with Crippen LogP contribution in [0.5, 0.6) is 0 Å². The summed E-state index contributed by atoms with van der Waals surface area (Å²) in [7, 11) is 2.08. The van der Waals surface area contributed by atoms with Crippen LogP contribution in [0.15, 0.2) is 61.4 Å². The van der Waals surface area contributed by atoms with Gasteiger partial charge < -0.3 is 38.5 Å². The van der Waals surface area contributed by atoms with Crippen molar-refractivity contribution in [1.29, 1.82) is 0 Å². The van der Waals surface area contributed by atoms with Crippen LogP contribution in [0.2, 0.25) is 0 Å². The largest absolute Gasteiger partial charge is 0.453 e. The molecule has 50 heavy (non-hydrogen) atoms. The highest BCUT2D eigenvalue weighted by molar-refractivity contribution is 6.07. The molecule has 1 atom stereocenters. The molecule has 5 heterocycles. The zero-order valence-electron chi connectivity index (χ0n) is 27.7. The zero-order chi connectivity index (χ0) is 34.4. The zero-order valence-corrected chi connectivity index (χ0v) is 27.7. The molecule has 2 aliphatic rings. The molecule has 0 saturated carbocycles. The fraction of sp³-hybridized carbons (Fsp3) is 0.389. The van der Waals surface area contributed by atoms with Crippen LogP contribution >= 0.6 is 0 Å². The number of H-pyrrole nitrogens is 1. The fourth-order valence-electron chi connectivity index (χ4n) is 7.30. The van der Waals surface area contributed by atoms with E-state index in [-0.39, 0.29) is 27.9 Å². The fourth-order valence-corrected chi connectivity index (χ4v) is 7.30. The third-order valence-electron chi connectivity index (χ3n) is 10.0. The van der Waals surface area contributed by atoms with Crippen LogP contribution in [0.1, 0.15) is 36.0 Å². The second-order valence-electron chi connectivity index (χ2n) is 13.2. The average Bonchev–Trinajstić information content (AvgIpc) is 3.54. The number of benzene rings is 3. The number of likely N-dealkylation sites (tertiary alicyclic amines) is 1. The summed E-state index contributed by atoms with van der Waals surface area (Å²) in [6, 6.07) is 9.82. The molecule has 260 valence electrons. The first-order valence-electron chi connectivity index (χ1n) is 17.1. The number of anilines is 1. The number of nitrogens with one attached hydrogen (secondary N) is 3. The minimum absolute atomic E-state index is 0.0222. The van der Waals surface area contributed by atoms with Gasteiger partial charge in [-0.2, -0.15) is 0 Å². The molecule has 0 bridgehead atoms. The number of hydrogen-bond donors (Lipinski definition) is 3. The number of halogens is 1. The molecule has 0 radical (unpaired) electrons. The lowest BCUT2D eigenvalue weighted by Gasteiger charge is -2.26. The minimum Gasteiger partial charge on any atom is -0.453 e. The van der Waals surface area contributed by atoms with Gasteiger partial charge in [-0.05, 0) is 69.2 Å². The van der Waals surface area contributed by atoms with Gasteiger partial charge in [0.1, 0.15) is 22.5 Å². The van der Waals surface area contributed by atoms with Crippen LogP contribution in [0.3, 0.4) is 0 Å². The first-order chi connectivity index (χ1) is 24.4. The quantitative estimate of drug-likeness (QED) is 0.0697.